The fourth-order valence-electron chi connectivity index (χ4n) is 2.76. The second-order valence-corrected chi connectivity index (χ2v) is 5.49. The minimum atomic E-state index is -0.00486. The van der Waals surface area contributed by atoms with Crippen LogP contribution >= 0.6 is 0 Å². The van der Waals surface area contributed by atoms with Gasteiger partial charge in [0, 0.05) is 19.0 Å². The van der Waals surface area contributed by atoms with Crippen LogP contribution in [0.4, 0.5) is 5.82 Å². The van der Waals surface area contributed by atoms with E-state index in [2.05, 4.69) is 29.1 Å². The number of aliphatic hydroxyl groups is 1. The first-order valence-corrected chi connectivity index (χ1v) is 6.98. The lowest BCUT2D eigenvalue weighted by atomic mass is 9.85. The van der Waals surface area contributed by atoms with Crippen molar-refractivity contribution < 1.29 is 5.11 Å². The predicted molar refractivity (Wildman–Crippen MR) is 78.3 cm³/mol. The van der Waals surface area contributed by atoms with E-state index in [0.717, 1.165) is 29.4 Å². The standard InChI is InChI=1S/C16H20N2O/c1-18(10-12-5-4-6-12)16-15-8-3-2-7-13(15)9-14(11-19)17-16/h2-3,7-9,12,19H,4-6,10-11H2,1H3. The van der Waals surface area contributed by atoms with Gasteiger partial charge in [-0.05, 0) is 30.2 Å². The molecule has 2 aromatic rings. The second-order valence-electron chi connectivity index (χ2n) is 5.49. The van der Waals surface area contributed by atoms with Gasteiger partial charge >= 0.3 is 0 Å². The molecule has 0 aliphatic heterocycles. The summed E-state index contributed by atoms with van der Waals surface area (Å²) in [6.07, 6.45) is 4.04. The van der Waals surface area contributed by atoms with E-state index in [4.69, 9.17) is 0 Å². The van der Waals surface area contributed by atoms with Gasteiger partial charge in [0.2, 0.25) is 0 Å². The van der Waals surface area contributed by atoms with E-state index in [9.17, 15) is 5.11 Å². The number of fused-ring (bicyclic) bond motifs is 1. The first-order chi connectivity index (χ1) is 9.28. The molecule has 3 rings (SSSR count). The SMILES string of the molecule is CN(CC1CCC1)c1nc(CO)cc2ccccc12. The number of hydrogen-bond donors (Lipinski definition) is 1. The van der Waals surface area contributed by atoms with Crippen LogP contribution in [0.5, 0.6) is 0 Å². The Kier molecular flexibility index (Phi) is 3.38. The van der Waals surface area contributed by atoms with Crippen molar-refractivity contribution in [2.45, 2.75) is 25.9 Å². The van der Waals surface area contributed by atoms with Crippen molar-refractivity contribution in [2.75, 3.05) is 18.5 Å². The zero-order valence-corrected chi connectivity index (χ0v) is 11.3. The molecule has 1 aromatic heterocycles. The molecular weight excluding hydrogens is 236 g/mol. The number of benzene rings is 1. The van der Waals surface area contributed by atoms with Gasteiger partial charge in [-0.2, -0.15) is 0 Å². The zero-order chi connectivity index (χ0) is 13.2. The molecule has 1 heterocycles. The van der Waals surface area contributed by atoms with Crippen LogP contribution in [-0.2, 0) is 6.61 Å². The summed E-state index contributed by atoms with van der Waals surface area (Å²) in [5.74, 6) is 1.80. The van der Waals surface area contributed by atoms with E-state index in [-0.39, 0.29) is 6.61 Å². The Morgan fingerprint density at radius 2 is 2.11 bits per heavy atom. The largest absolute Gasteiger partial charge is 0.390 e. The Balaban J connectivity index is 1.99. The van der Waals surface area contributed by atoms with Gasteiger partial charge in [-0.25, -0.2) is 4.98 Å². The van der Waals surface area contributed by atoms with Gasteiger partial charge in [-0.1, -0.05) is 30.7 Å². The monoisotopic (exact) mass is 256 g/mol. The summed E-state index contributed by atoms with van der Waals surface area (Å²) >= 11 is 0. The molecule has 1 N–H and O–H groups in total. The molecule has 0 bridgehead atoms. The molecule has 1 fully saturated rings. The molecular formula is C16H20N2O. The van der Waals surface area contributed by atoms with Crippen molar-refractivity contribution in [3.05, 3.63) is 36.0 Å². The fraction of sp³-hybridized carbons (Fsp3) is 0.438. The Morgan fingerprint density at radius 1 is 1.32 bits per heavy atom. The molecule has 100 valence electrons. The summed E-state index contributed by atoms with van der Waals surface area (Å²) in [5, 5.41) is 11.7. The van der Waals surface area contributed by atoms with E-state index in [1.54, 1.807) is 0 Å². The highest BCUT2D eigenvalue weighted by Crippen LogP contribution is 2.30. The topological polar surface area (TPSA) is 36.4 Å². The highest BCUT2D eigenvalue weighted by atomic mass is 16.3. The van der Waals surface area contributed by atoms with Crippen molar-refractivity contribution in [3.8, 4) is 0 Å². The predicted octanol–water partition coefficient (Wildman–Crippen LogP) is 2.96. The number of nitrogens with zero attached hydrogens (tertiary/aromatic N) is 2. The molecule has 0 unspecified atom stereocenters. The Labute approximate surface area is 113 Å². The number of rotatable bonds is 4. The summed E-state index contributed by atoms with van der Waals surface area (Å²) in [7, 11) is 2.11. The summed E-state index contributed by atoms with van der Waals surface area (Å²) < 4.78 is 0. The maximum atomic E-state index is 9.36. The van der Waals surface area contributed by atoms with Crippen LogP contribution in [0.3, 0.4) is 0 Å². The van der Waals surface area contributed by atoms with Crippen LogP contribution < -0.4 is 4.90 Å². The zero-order valence-electron chi connectivity index (χ0n) is 11.3. The van der Waals surface area contributed by atoms with E-state index in [1.807, 2.05) is 18.2 Å². The average Bonchev–Trinajstić information content (AvgIpc) is 2.41. The Morgan fingerprint density at radius 3 is 2.79 bits per heavy atom. The molecule has 1 aliphatic carbocycles. The lowest BCUT2D eigenvalue weighted by molar-refractivity contribution is 0.277. The molecule has 0 atom stereocenters. The highest BCUT2D eigenvalue weighted by Gasteiger charge is 2.20. The molecule has 3 nitrogen and oxygen atoms in total. The van der Waals surface area contributed by atoms with Crippen molar-refractivity contribution in [3.63, 3.8) is 0 Å². The minimum absolute atomic E-state index is 0.00486. The summed E-state index contributed by atoms with van der Waals surface area (Å²) in [6, 6.07) is 10.2. The molecule has 0 radical (unpaired) electrons. The highest BCUT2D eigenvalue weighted by molar-refractivity contribution is 5.92. The van der Waals surface area contributed by atoms with Crippen LogP contribution in [0.1, 0.15) is 25.0 Å². The van der Waals surface area contributed by atoms with Gasteiger partial charge in [-0.15, -0.1) is 0 Å². The number of pyridine rings is 1. The van der Waals surface area contributed by atoms with Crippen molar-refractivity contribution >= 4 is 16.6 Å². The van der Waals surface area contributed by atoms with E-state index in [1.165, 1.54) is 24.6 Å². The van der Waals surface area contributed by atoms with Crippen LogP contribution in [-0.4, -0.2) is 23.7 Å². The molecule has 0 spiro atoms. The third kappa shape index (κ3) is 2.43. The van der Waals surface area contributed by atoms with Gasteiger partial charge in [0.1, 0.15) is 5.82 Å². The Hall–Kier alpha value is -1.61. The normalized spacial score (nSPS) is 15.5. The number of aliphatic hydroxyl groups excluding tert-OH is 1. The van der Waals surface area contributed by atoms with Crippen molar-refractivity contribution in [2.24, 2.45) is 5.92 Å². The van der Waals surface area contributed by atoms with Crippen LogP contribution in [0.25, 0.3) is 10.8 Å². The fourth-order valence-corrected chi connectivity index (χ4v) is 2.76. The van der Waals surface area contributed by atoms with E-state index >= 15 is 0 Å². The molecule has 1 saturated carbocycles. The molecule has 19 heavy (non-hydrogen) atoms. The molecule has 0 saturated heterocycles. The minimum Gasteiger partial charge on any atom is -0.390 e. The third-order valence-electron chi connectivity index (χ3n) is 4.05. The van der Waals surface area contributed by atoms with Gasteiger partial charge in [0.15, 0.2) is 0 Å². The maximum absolute atomic E-state index is 9.36. The summed E-state index contributed by atoms with van der Waals surface area (Å²) in [5.41, 5.74) is 0.745. The van der Waals surface area contributed by atoms with Crippen LogP contribution in [0, 0.1) is 5.92 Å². The van der Waals surface area contributed by atoms with E-state index in [0.29, 0.717) is 0 Å². The Bertz CT molecular complexity index is 578. The van der Waals surface area contributed by atoms with Gasteiger partial charge < -0.3 is 10.0 Å². The molecule has 3 heteroatoms. The quantitative estimate of drug-likeness (QED) is 0.913. The second kappa shape index (κ2) is 5.17. The average molecular weight is 256 g/mol. The third-order valence-corrected chi connectivity index (χ3v) is 4.05. The first-order valence-electron chi connectivity index (χ1n) is 6.98. The van der Waals surface area contributed by atoms with Gasteiger partial charge in [-0.3, -0.25) is 0 Å². The lowest BCUT2D eigenvalue weighted by Gasteiger charge is -2.31. The van der Waals surface area contributed by atoms with Gasteiger partial charge in [0.25, 0.3) is 0 Å². The van der Waals surface area contributed by atoms with Crippen LogP contribution in [0.2, 0.25) is 0 Å². The smallest absolute Gasteiger partial charge is 0.136 e. The lowest BCUT2D eigenvalue weighted by Crippen LogP contribution is -2.30. The first kappa shape index (κ1) is 12.4. The van der Waals surface area contributed by atoms with Crippen LogP contribution in [0.15, 0.2) is 30.3 Å². The number of aromatic nitrogens is 1. The van der Waals surface area contributed by atoms with Crippen molar-refractivity contribution in [1.29, 1.82) is 0 Å². The van der Waals surface area contributed by atoms with E-state index < -0.39 is 0 Å². The summed E-state index contributed by atoms with van der Waals surface area (Å²) in [6.45, 7) is 1.06. The molecule has 1 aliphatic rings. The molecule has 0 amide bonds. The number of hydrogen-bond acceptors (Lipinski definition) is 3. The summed E-state index contributed by atoms with van der Waals surface area (Å²) in [4.78, 5) is 6.85. The maximum Gasteiger partial charge on any atom is 0.136 e. The number of anilines is 1. The molecule has 1 aromatic carbocycles. The van der Waals surface area contributed by atoms with Crippen molar-refractivity contribution in [1.82, 2.24) is 4.98 Å². The van der Waals surface area contributed by atoms with Gasteiger partial charge in [0.05, 0.1) is 12.3 Å².